The molecule has 0 saturated heterocycles. The Kier molecular flexibility index (Phi) is 4.96. The smallest absolute Gasteiger partial charge is 0.319 e. The van der Waals surface area contributed by atoms with E-state index in [2.05, 4.69) is 15.6 Å². The first-order valence-electron chi connectivity index (χ1n) is 7.69. The van der Waals surface area contributed by atoms with Crippen molar-refractivity contribution in [3.63, 3.8) is 0 Å². The summed E-state index contributed by atoms with van der Waals surface area (Å²) in [6.07, 6.45) is 0.768. The Labute approximate surface area is 144 Å². The fourth-order valence-electron chi connectivity index (χ4n) is 2.41. The van der Waals surface area contributed by atoms with Crippen molar-refractivity contribution < 1.29 is 9.53 Å². The number of ether oxygens (including phenoxy) is 1. The SMILES string of the molecule is COc1ccc(CCNC(=O)Nc2ccc3nc(C)sc3c2)cc1. The lowest BCUT2D eigenvalue weighted by molar-refractivity contribution is 0.252. The maximum atomic E-state index is 12.0. The lowest BCUT2D eigenvalue weighted by Crippen LogP contribution is -2.30. The van der Waals surface area contributed by atoms with Crippen molar-refractivity contribution in [1.82, 2.24) is 10.3 Å². The lowest BCUT2D eigenvalue weighted by atomic mass is 10.1. The predicted molar refractivity (Wildman–Crippen MR) is 98.1 cm³/mol. The molecule has 1 heterocycles. The summed E-state index contributed by atoms with van der Waals surface area (Å²) in [6, 6.07) is 13.4. The summed E-state index contributed by atoms with van der Waals surface area (Å²) >= 11 is 1.62. The number of rotatable bonds is 5. The van der Waals surface area contributed by atoms with Gasteiger partial charge in [-0.05, 0) is 49.2 Å². The van der Waals surface area contributed by atoms with Gasteiger partial charge in [-0.25, -0.2) is 9.78 Å². The minimum absolute atomic E-state index is 0.205. The first-order valence-corrected chi connectivity index (χ1v) is 8.50. The van der Waals surface area contributed by atoms with Crippen molar-refractivity contribution in [2.75, 3.05) is 19.0 Å². The quantitative estimate of drug-likeness (QED) is 0.738. The number of aromatic nitrogens is 1. The van der Waals surface area contributed by atoms with E-state index < -0.39 is 0 Å². The third kappa shape index (κ3) is 4.02. The number of benzene rings is 2. The van der Waals surface area contributed by atoms with Gasteiger partial charge in [0, 0.05) is 12.2 Å². The monoisotopic (exact) mass is 341 g/mol. The molecule has 0 fully saturated rings. The average molecular weight is 341 g/mol. The van der Waals surface area contributed by atoms with Crippen molar-refractivity contribution in [3.05, 3.63) is 53.0 Å². The summed E-state index contributed by atoms with van der Waals surface area (Å²) in [5, 5.41) is 6.74. The number of hydrogen-bond donors (Lipinski definition) is 2. The first-order chi connectivity index (χ1) is 11.6. The first kappa shape index (κ1) is 16.3. The highest BCUT2D eigenvalue weighted by molar-refractivity contribution is 7.18. The maximum Gasteiger partial charge on any atom is 0.319 e. The van der Waals surface area contributed by atoms with Gasteiger partial charge in [-0.15, -0.1) is 11.3 Å². The van der Waals surface area contributed by atoms with Gasteiger partial charge in [0.25, 0.3) is 0 Å². The summed E-state index contributed by atoms with van der Waals surface area (Å²) in [4.78, 5) is 16.4. The van der Waals surface area contributed by atoms with Crippen LogP contribution >= 0.6 is 11.3 Å². The van der Waals surface area contributed by atoms with E-state index in [0.29, 0.717) is 6.54 Å². The topological polar surface area (TPSA) is 63.2 Å². The fraction of sp³-hybridized carbons (Fsp3) is 0.222. The molecule has 1 aromatic heterocycles. The highest BCUT2D eigenvalue weighted by Gasteiger charge is 2.05. The molecule has 6 heteroatoms. The zero-order valence-corrected chi connectivity index (χ0v) is 14.4. The number of thiazole rings is 1. The van der Waals surface area contributed by atoms with Crippen LogP contribution in [0, 0.1) is 6.92 Å². The maximum absolute atomic E-state index is 12.0. The molecule has 0 unspecified atom stereocenters. The van der Waals surface area contributed by atoms with Crippen LogP contribution in [0.15, 0.2) is 42.5 Å². The molecule has 24 heavy (non-hydrogen) atoms. The Morgan fingerprint density at radius 1 is 1.21 bits per heavy atom. The molecule has 0 aliphatic carbocycles. The van der Waals surface area contributed by atoms with Crippen LogP contribution in [0.3, 0.4) is 0 Å². The highest BCUT2D eigenvalue weighted by Crippen LogP contribution is 2.24. The van der Waals surface area contributed by atoms with E-state index in [-0.39, 0.29) is 6.03 Å². The number of carbonyl (C=O) groups excluding carboxylic acids is 1. The van der Waals surface area contributed by atoms with Crippen LogP contribution in [0.5, 0.6) is 5.75 Å². The highest BCUT2D eigenvalue weighted by atomic mass is 32.1. The number of nitrogens with one attached hydrogen (secondary N) is 2. The standard InChI is InChI=1S/C18H19N3O2S/c1-12-20-16-8-5-14(11-17(16)24-12)21-18(22)19-10-9-13-3-6-15(23-2)7-4-13/h3-8,11H,9-10H2,1-2H3,(H2,19,21,22). The predicted octanol–water partition coefficient (Wildman–Crippen LogP) is 3.98. The summed E-state index contributed by atoms with van der Waals surface area (Å²) in [5.74, 6) is 0.832. The van der Waals surface area contributed by atoms with E-state index in [4.69, 9.17) is 4.74 Å². The van der Waals surface area contributed by atoms with Crippen LogP contribution in [0.25, 0.3) is 10.2 Å². The number of nitrogens with zero attached hydrogens (tertiary/aromatic N) is 1. The van der Waals surface area contributed by atoms with Crippen molar-refractivity contribution in [1.29, 1.82) is 0 Å². The Morgan fingerprint density at radius 3 is 2.75 bits per heavy atom. The van der Waals surface area contributed by atoms with E-state index >= 15 is 0 Å². The number of carbonyl (C=O) groups is 1. The number of hydrogen-bond acceptors (Lipinski definition) is 4. The van der Waals surface area contributed by atoms with Gasteiger partial charge in [-0.1, -0.05) is 12.1 Å². The molecule has 0 bridgehead atoms. The van der Waals surface area contributed by atoms with Crippen molar-refractivity contribution in [2.24, 2.45) is 0 Å². The molecule has 0 spiro atoms. The van der Waals surface area contributed by atoms with Crippen molar-refractivity contribution >= 4 is 33.3 Å². The molecule has 2 amide bonds. The summed E-state index contributed by atoms with van der Waals surface area (Å²) in [6.45, 7) is 2.55. The Bertz CT molecular complexity index is 843. The second kappa shape index (κ2) is 7.31. The van der Waals surface area contributed by atoms with Crippen LogP contribution in [-0.4, -0.2) is 24.7 Å². The van der Waals surface area contributed by atoms with E-state index in [1.807, 2.05) is 49.4 Å². The van der Waals surface area contributed by atoms with E-state index in [1.54, 1.807) is 18.4 Å². The molecule has 0 radical (unpaired) electrons. The molecule has 0 saturated carbocycles. The largest absolute Gasteiger partial charge is 0.497 e. The van der Waals surface area contributed by atoms with Crippen molar-refractivity contribution in [3.8, 4) is 5.75 Å². The molecule has 124 valence electrons. The van der Waals surface area contributed by atoms with Crippen LogP contribution in [0.2, 0.25) is 0 Å². The van der Waals surface area contributed by atoms with Crippen LogP contribution < -0.4 is 15.4 Å². The number of amides is 2. The Hall–Kier alpha value is -2.60. The average Bonchev–Trinajstić information content (AvgIpc) is 2.95. The van der Waals surface area contributed by atoms with Gasteiger partial charge in [-0.3, -0.25) is 0 Å². The zero-order valence-electron chi connectivity index (χ0n) is 13.6. The van der Waals surface area contributed by atoms with Gasteiger partial charge >= 0.3 is 6.03 Å². The van der Waals surface area contributed by atoms with Gasteiger partial charge in [-0.2, -0.15) is 0 Å². The Morgan fingerprint density at radius 2 is 2.00 bits per heavy atom. The minimum atomic E-state index is -0.205. The van der Waals surface area contributed by atoms with Gasteiger partial charge in [0.05, 0.1) is 22.3 Å². The van der Waals surface area contributed by atoms with Gasteiger partial charge < -0.3 is 15.4 Å². The zero-order chi connectivity index (χ0) is 16.9. The van der Waals surface area contributed by atoms with Crippen molar-refractivity contribution in [2.45, 2.75) is 13.3 Å². The molecule has 5 nitrogen and oxygen atoms in total. The third-order valence-corrected chi connectivity index (χ3v) is 4.55. The fourth-order valence-corrected chi connectivity index (χ4v) is 3.27. The minimum Gasteiger partial charge on any atom is -0.497 e. The number of methoxy groups -OCH3 is 1. The molecule has 0 aliphatic rings. The normalized spacial score (nSPS) is 10.6. The van der Waals surface area contributed by atoms with Crippen LogP contribution in [0.4, 0.5) is 10.5 Å². The van der Waals surface area contributed by atoms with Gasteiger partial charge in [0.15, 0.2) is 0 Å². The number of fused-ring (bicyclic) bond motifs is 1. The van der Waals surface area contributed by atoms with Gasteiger partial charge in [0.2, 0.25) is 0 Å². The molecular formula is C18H19N3O2S. The number of anilines is 1. The summed E-state index contributed by atoms with van der Waals surface area (Å²) < 4.78 is 6.20. The van der Waals surface area contributed by atoms with Crippen LogP contribution in [0.1, 0.15) is 10.6 Å². The molecule has 0 atom stereocenters. The molecule has 2 N–H and O–H groups in total. The van der Waals surface area contributed by atoms with Gasteiger partial charge in [0.1, 0.15) is 5.75 Å². The second-order valence-corrected chi connectivity index (χ2v) is 6.63. The van der Waals surface area contributed by atoms with E-state index in [1.165, 1.54) is 0 Å². The molecule has 2 aromatic carbocycles. The lowest BCUT2D eigenvalue weighted by Gasteiger charge is -2.08. The second-order valence-electron chi connectivity index (χ2n) is 5.39. The molecule has 0 aliphatic heterocycles. The van der Waals surface area contributed by atoms with Crippen LogP contribution in [-0.2, 0) is 6.42 Å². The molecule has 3 rings (SSSR count). The molecule has 3 aromatic rings. The third-order valence-electron chi connectivity index (χ3n) is 3.61. The number of urea groups is 1. The number of aryl methyl sites for hydroxylation is 1. The Balaban J connectivity index is 1.50. The summed E-state index contributed by atoms with van der Waals surface area (Å²) in [7, 11) is 1.64. The summed E-state index contributed by atoms with van der Waals surface area (Å²) in [5.41, 5.74) is 2.88. The van der Waals surface area contributed by atoms with E-state index in [9.17, 15) is 4.79 Å². The molecular weight excluding hydrogens is 322 g/mol. The van der Waals surface area contributed by atoms with E-state index in [0.717, 1.165) is 38.6 Å².